The molecule has 0 bridgehead atoms. The number of nitrogens with one attached hydrogen (secondary N) is 1. The molecule has 158 valence electrons. The van der Waals surface area contributed by atoms with Gasteiger partial charge in [0.2, 0.25) is 5.91 Å². The van der Waals surface area contributed by atoms with Crippen LogP contribution in [0, 0.1) is 30.9 Å². The van der Waals surface area contributed by atoms with E-state index in [0.29, 0.717) is 12.2 Å². The molecule has 0 aliphatic heterocycles. The first-order chi connectivity index (χ1) is 14.3. The number of anilines is 1. The van der Waals surface area contributed by atoms with Gasteiger partial charge in [-0.1, -0.05) is 24.3 Å². The third-order valence-electron chi connectivity index (χ3n) is 4.89. The normalized spacial score (nSPS) is 10.8. The Balaban J connectivity index is 1.66. The number of carbonyl (C=O) groups is 1. The van der Waals surface area contributed by atoms with Crippen LogP contribution in [0.15, 0.2) is 30.5 Å². The summed E-state index contributed by atoms with van der Waals surface area (Å²) in [5.74, 6) is -0.307. The Morgan fingerprint density at radius 3 is 2.60 bits per heavy atom. The molecule has 0 radical (unpaired) electrons. The topological polar surface area (TPSA) is 117 Å². The van der Waals surface area contributed by atoms with Crippen molar-refractivity contribution in [3.8, 4) is 5.88 Å². The summed E-state index contributed by atoms with van der Waals surface area (Å²) in [4.78, 5) is 22.9. The van der Waals surface area contributed by atoms with Crippen molar-refractivity contribution < 1.29 is 14.5 Å². The van der Waals surface area contributed by atoms with Crippen molar-refractivity contribution in [2.24, 2.45) is 0 Å². The van der Waals surface area contributed by atoms with Gasteiger partial charge in [-0.15, -0.1) is 5.10 Å². The summed E-state index contributed by atoms with van der Waals surface area (Å²) in [7, 11) is 1.31. The lowest BCUT2D eigenvalue weighted by atomic mass is 10.1. The highest BCUT2D eigenvalue weighted by atomic mass is 16.6. The molecular weight excluding hydrogens is 388 g/mol. The number of nitro groups is 1. The maximum absolute atomic E-state index is 12.5. The van der Waals surface area contributed by atoms with Crippen LogP contribution in [0.1, 0.15) is 28.9 Å². The third kappa shape index (κ3) is 4.48. The molecule has 0 saturated heterocycles. The highest BCUT2D eigenvalue weighted by molar-refractivity contribution is 5.91. The van der Waals surface area contributed by atoms with Gasteiger partial charge in [-0.3, -0.25) is 24.3 Å². The molecule has 3 rings (SSSR count). The minimum Gasteiger partial charge on any atom is -0.475 e. The standard InChI is InChI=1S/C20H24N6O4/c1-13-7-5-6-8-16(13)11-25-15(3)19(14(2)22-25)21-18(27)9-10-24-12-17(26(28)29)20(23-24)30-4/h5-8,12H,9-11H2,1-4H3,(H,21,27). The van der Waals surface area contributed by atoms with Crippen LogP contribution in [-0.4, -0.2) is 37.5 Å². The van der Waals surface area contributed by atoms with Gasteiger partial charge in [0.05, 0.1) is 42.2 Å². The number of ether oxygens (including phenoxy) is 1. The molecule has 0 unspecified atom stereocenters. The number of hydrogen-bond acceptors (Lipinski definition) is 6. The minimum absolute atomic E-state index is 0.0791. The predicted molar refractivity (Wildman–Crippen MR) is 111 cm³/mol. The minimum atomic E-state index is -0.571. The summed E-state index contributed by atoms with van der Waals surface area (Å²) in [6.07, 6.45) is 1.35. The average molecular weight is 412 g/mol. The van der Waals surface area contributed by atoms with E-state index in [2.05, 4.69) is 34.6 Å². The van der Waals surface area contributed by atoms with E-state index in [1.54, 1.807) is 0 Å². The van der Waals surface area contributed by atoms with Crippen LogP contribution in [0.3, 0.4) is 0 Å². The third-order valence-corrected chi connectivity index (χ3v) is 4.89. The quantitative estimate of drug-likeness (QED) is 0.449. The van der Waals surface area contributed by atoms with Gasteiger partial charge in [-0.2, -0.15) is 5.10 Å². The molecule has 0 saturated carbocycles. The summed E-state index contributed by atoms with van der Waals surface area (Å²) < 4.78 is 8.10. The maximum atomic E-state index is 12.5. The van der Waals surface area contributed by atoms with Crippen LogP contribution in [0.4, 0.5) is 11.4 Å². The first-order valence-corrected chi connectivity index (χ1v) is 9.44. The van der Waals surface area contributed by atoms with Crippen LogP contribution < -0.4 is 10.1 Å². The Kier molecular flexibility index (Phi) is 6.14. The van der Waals surface area contributed by atoms with Gasteiger partial charge in [-0.25, -0.2) is 0 Å². The summed E-state index contributed by atoms with van der Waals surface area (Å²) in [5, 5.41) is 22.4. The number of hydrogen-bond donors (Lipinski definition) is 1. The van der Waals surface area contributed by atoms with E-state index in [1.165, 1.54) is 23.6 Å². The number of aryl methyl sites for hydroxylation is 3. The van der Waals surface area contributed by atoms with Crippen LogP contribution in [-0.2, 0) is 17.9 Å². The fourth-order valence-electron chi connectivity index (χ4n) is 3.18. The molecule has 0 aliphatic carbocycles. The van der Waals surface area contributed by atoms with Crippen molar-refractivity contribution in [1.82, 2.24) is 19.6 Å². The van der Waals surface area contributed by atoms with Gasteiger partial charge in [0.1, 0.15) is 6.20 Å². The monoisotopic (exact) mass is 412 g/mol. The Bertz CT molecular complexity index is 1090. The van der Waals surface area contributed by atoms with Gasteiger partial charge < -0.3 is 10.1 Å². The number of rotatable bonds is 8. The summed E-state index contributed by atoms with van der Waals surface area (Å²) >= 11 is 0. The van der Waals surface area contributed by atoms with Crippen LogP contribution >= 0.6 is 0 Å². The van der Waals surface area contributed by atoms with Crippen molar-refractivity contribution in [3.63, 3.8) is 0 Å². The number of benzene rings is 1. The highest BCUT2D eigenvalue weighted by Gasteiger charge is 2.21. The Morgan fingerprint density at radius 2 is 1.97 bits per heavy atom. The van der Waals surface area contributed by atoms with E-state index in [-0.39, 0.29) is 30.4 Å². The number of aromatic nitrogens is 4. The fourth-order valence-corrected chi connectivity index (χ4v) is 3.18. The van der Waals surface area contributed by atoms with Gasteiger partial charge in [0, 0.05) is 6.42 Å². The number of nitrogens with zero attached hydrogens (tertiary/aromatic N) is 5. The maximum Gasteiger partial charge on any atom is 0.350 e. The van der Waals surface area contributed by atoms with E-state index in [4.69, 9.17) is 4.74 Å². The number of carbonyl (C=O) groups excluding carboxylic acids is 1. The number of amides is 1. The molecule has 0 aliphatic rings. The molecule has 0 atom stereocenters. The first kappa shape index (κ1) is 21.0. The van der Waals surface area contributed by atoms with E-state index in [1.807, 2.05) is 30.7 Å². The molecule has 0 spiro atoms. The van der Waals surface area contributed by atoms with Gasteiger partial charge in [-0.05, 0) is 31.9 Å². The molecule has 1 amide bonds. The summed E-state index contributed by atoms with van der Waals surface area (Å²) in [6.45, 7) is 6.62. The second-order valence-electron chi connectivity index (χ2n) is 6.97. The lowest BCUT2D eigenvalue weighted by Crippen LogP contribution is -2.16. The zero-order valence-electron chi connectivity index (χ0n) is 17.4. The molecule has 1 N–H and O–H groups in total. The zero-order chi connectivity index (χ0) is 21.8. The second kappa shape index (κ2) is 8.76. The molecule has 2 aromatic heterocycles. The second-order valence-corrected chi connectivity index (χ2v) is 6.97. The van der Waals surface area contributed by atoms with Crippen LogP contribution in [0.5, 0.6) is 5.88 Å². The molecule has 2 heterocycles. The van der Waals surface area contributed by atoms with Crippen molar-refractivity contribution in [2.75, 3.05) is 12.4 Å². The number of methoxy groups -OCH3 is 1. The van der Waals surface area contributed by atoms with Crippen molar-refractivity contribution >= 4 is 17.3 Å². The van der Waals surface area contributed by atoms with Crippen molar-refractivity contribution in [3.05, 3.63) is 63.1 Å². The first-order valence-electron chi connectivity index (χ1n) is 9.44. The van der Waals surface area contributed by atoms with Crippen molar-refractivity contribution in [1.29, 1.82) is 0 Å². The average Bonchev–Trinajstić information content (AvgIpc) is 3.24. The molecule has 3 aromatic rings. The molecule has 10 heteroatoms. The van der Waals surface area contributed by atoms with Gasteiger partial charge in [0.25, 0.3) is 0 Å². The fraction of sp³-hybridized carbons (Fsp3) is 0.350. The summed E-state index contributed by atoms with van der Waals surface area (Å²) in [5.41, 5.74) is 4.38. The van der Waals surface area contributed by atoms with Gasteiger partial charge in [0.15, 0.2) is 0 Å². The van der Waals surface area contributed by atoms with E-state index < -0.39 is 4.92 Å². The lowest BCUT2D eigenvalue weighted by Gasteiger charge is -2.09. The van der Waals surface area contributed by atoms with Crippen LogP contribution in [0.2, 0.25) is 0 Å². The molecule has 10 nitrogen and oxygen atoms in total. The Labute approximate surface area is 173 Å². The summed E-state index contributed by atoms with van der Waals surface area (Å²) in [6, 6.07) is 8.10. The largest absolute Gasteiger partial charge is 0.475 e. The molecule has 1 aromatic carbocycles. The van der Waals surface area contributed by atoms with Crippen molar-refractivity contribution in [2.45, 2.75) is 40.3 Å². The lowest BCUT2D eigenvalue weighted by molar-refractivity contribution is -0.385. The van der Waals surface area contributed by atoms with Gasteiger partial charge >= 0.3 is 11.6 Å². The predicted octanol–water partition coefficient (Wildman–Crippen LogP) is 3.00. The Hall–Kier alpha value is -3.69. The molecular formula is C20H24N6O4. The zero-order valence-corrected chi connectivity index (χ0v) is 17.4. The Morgan fingerprint density at radius 1 is 1.23 bits per heavy atom. The highest BCUT2D eigenvalue weighted by Crippen LogP contribution is 2.24. The molecule has 0 fully saturated rings. The SMILES string of the molecule is COc1nn(CCC(=O)Nc2c(C)nn(Cc3ccccc3C)c2C)cc1[N+](=O)[O-]. The smallest absolute Gasteiger partial charge is 0.350 e. The molecule has 30 heavy (non-hydrogen) atoms. The van der Waals surface area contributed by atoms with Crippen LogP contribution in [0.25, 0.3) is 0 Å². The van der Waals surface area contributed by atoms with E-state index in [9.17, 15) is 14.9 Å². The van der Waals surface area contributed by atoms with E-state index in [0.717, 1.165) is 17.0 Å². The van der Waals surface area contributed by atoms with E-state index >= 15 is 0 Å².